The van der Waals surface area contributed by atoms with Gasteiger partial charge >= 0.3 is 0 Å². The van der Waals surface area contributed by atoms with Crippen LogP contribution >= 0.6 is 11.3 Å². The average Bonchev–Trinajstić information content (AvgIpc) is 3.60. The molecule has 0 bridgehead atoms. The Morgan fingerprint density at radius 3 is 2.50 bits per heavy atom. The number of carbonyl (C=O) groups excluding carboxylic acids is 3. The van der Waals surface area contributed by atoms with E-state index in [0.717, 1.165) is 42.6 Å². The van der Waals surface area contributed by atoms with E-state index in [9.17, 15) is 19.5 Å². The molecule has 0 spiro atoms. The zero-order chi connectivity index (χ0) is 27.2. The number of likely N-dealkylation sites (N-methyl/N-ethyl adjacent to an activating group) is 1. The molecule has 2 amide bonds. The van der Waals surface area contributed by atoms with Gasteiger partial charge in [-0.1, -0.05) is 32.9 Å². The van der Waals surface area contributed by atoms with Gasteiger partial charge in [-0.25, -0.2) is 4.98 Å². The molecule has 204 valence electrons. The molecule has 3 aliphatic heterocycles. The van der Waals surface area contributed by atoms with E-state index in [2.05, 4.69) is 22.2 Å². The van der Waals surface area contributed by atoms with Crippen molar-refractivity contribution in [2.75, 3.05) is 51.3 Å². The number of aliphatic hydroxyl groups is 1. The minimum atomic E-state index is -0.929. The molecule has 11 heteroatoms. The molecular formula is C27H35N5O5S. The Bertz CT molecular complexity index is 1200. The molecule has 1 aromatic heterocycles. The standard InChI is InChI=1S/C27H35N5O5S/c1-27(2,3)23(25(36)32-13-19(33)22-21(32)20(34)14-37-22)29-24(35)17-7-5-16(6-8-17)18-15-38-26(28-18)31-11-9-30(4)10-12-31/h5-8,15,19,21-23,33H,9-14H2,1-4H3,(H,29,35)/t19?,21-,22+,23-/m1/s1. The number of carbonyl (C=O) groups is 3. The molecule has 38 heavy (non-hydrogen) atoms. The van der Waals surface area contributed by atoms with E-state index in [1.807, 2.05) is 38.3 Å². The first kappa shape index (κ1) is 26.7. The smallest absolute Gasteiger partial charge is 0.251 e. The van der Waals surface area contributed by atoms with Crippen molar-refractivity contribution >= 4 is 34.1 Å². The van der Waals surface area contributed by atoms with Crippen LogP contribution in [0.15, 0.2) is 29.6 Å². The summed E-state index contributed by atoms with van der Waals surface area (Å²) in [7, 11) is 2.12. The first-order valence-corrected chi connectivity index (χ1v) is 13.8. The zero-order valence-electron chi connectivity index (χ0n) is 22.2. The highest BCUT2D eigenvalue weighted by Gasteiger charge is 2.53. The number of hydrogen-bond donors (Lipinski definition) is 2. The summed E-state index contributed by atoms with van der Waals surface area (Å²) in [5.41, 5.74) is 1.58. The van der Waals surface area contributed by atoms with Gasteiger partial charge in [0.15, 0.2) is 10.9 Å². The third-order valence-corrected chi connectivity index (χ3v) is 8.44. The highest BCUT2D eigenvalue weighted by atomic mass is 32.1. The number of benzene rings is 1. The Morgan fingerprint density at radius 2 is 1.84 bits per heavy atom. The van der Waals surface area contributed by atoms with Gasteiger partial charge < -0.3 is 29.9 Å². The summed E-state index contributed by atoms with van der Waals surface area (Å²) in [5, 5.41) is 16.2. The number of ether oxygens (including phenoxy) is 1. The Labute approximate surface area is 226 Å². The topological polar surface area (TPSA) is 115 Å². The van der Waals surface area contributed by atoms with Crippen molar-refractivity contribution in [2.24, 2.45) is 5.41 Å². The lowest BCUT2D eigenvalue weighted by atomic mass is 9.85. The molecule has 10 nitrogen and oxygen atoms in total. The maximum Gasteiger partial charge on any atom is 0.251 e. The number of thiazole rings is 1. The van der Waals surface area contributed by atoms with Crippen LogP contribution < -0.4 is 10.2 Å². The number of fused-ring (bicyclic) bond motifs is 1. The number of rotatable bonds is 5. The van der Waals surface area contributed by atoms with Gasteiger partial charge in [-0.3, -0.25) is 14.4 Å². The van der Waals surface area contributed by atoms with Crippen LogP contribution in [-0.2, 0) is 14.3 Å². The van der Waals surface area contributed by atoms with E-state index in [1.54, 1.807) is 23.5 Å². The molecule has 0 saturated carbocycles. The lowest BCUT2D eigenvalue weighted by molar-refractivity contribution is -0.140. The number of anilines is 1. The molecule has 3 fully saturated rings. The third-order valence-electron chi connectivity index (χ3n) is 7.54. The van der Waals surface area contributed by atoms with E-state index < -0.39 is 35.6 Å². The highest BCUT2D eigenvalue weighted by molar-refractivity contribution is 7.14. The van der Waals surface area contributed by atoms with E-state index in [1.165, 1.54) is 4.90 Å². The van der Waals surface area contributed by atoms with Crippen LogP contribution in [0.25, 0.3) is 11.3 Å². The number of likely N-dealkylation sites (tertiary alicyclic amines) is 1. The van der Waals surface area contributed by atoms with Gasteiger partial charge in [0.25, 0.3) is 5.91 Å². The van der Waals surface area contributed by atoms with Gasteiger partial charge in [0.2, 0.25) is 5.91 Å². The molecule has 0 aliphatic carbocycles. The summed E-state index contributed by atoms with van der Waals surface area (Å²) in [6.45, 7) is 9.39. The van der Waals surface area contributed by atoms with Crippen LogP contribution in [0.2, 0.25) is 0 Å². The minimum Gasteiger partial charge on any atom is -0.388 e. The number of aromatic nitrogens is 1. The number of Topliss-reactive ketones (excluding diaryl/α,β-unsaturated/α-hetero) is 1. The molecule has 3 aliphatic rings. The maximum absolute atomic E-state index is 13.6. The number of aliphatic hydroxyl groups excluding tert-OH is 1. The lowest BCUT2D eigenvalue weighted by Gasteiger charge is -2.34. The molecule has 4 atom stereocenters. The summed E-state index contributed by atoms with van der Waals surface area (Å²) in [6.07, 6.45) is -1.64. The molecule has 3 saturated heterocycles. The van der Waals surface area contributed by atoms with Crippen molar-refractivity contribution in [2.45, 2.75) is 45.1 Å². The van der Waals surface area contributed by atoms with E-state index >= 15 is 0 Å². The van der Waals surface area contributed by atoms with Crippen molar-refractivity contribution in [1.82, 2.24) is 20.1 Å². The molecule has 1 unspecified atom stereocenters. The molecule has 0 radical (unpaired) electrons. The second kappa shape index (κ2) is 10.4. The SMILES string of the molecule is CN1CCN(c2nc(-c3ccc(C(=O)N[C@H](C(=O)N4CC(O)[C@@H]5OCC(=O)[C@H]54)C(C)(C)C)cc3)cs2)CC1. The molecule has 2 N–H and O–H groups in total. The van der Waals surface area contributed by atoms with E-state index in [-0.39, 0.29) is 24.8 Å². The first-order chi connectivity index (χ1) is 18.0. The number of β-amino-alcohol motifs (C(OH)–C–C–N with tert-alkyl or cyclic N) is 1. The first-order valence-electron chi connectivity index (χ1n) is 13.0. The summed E-state index contributed by atoms with van der Waals surface area (Å²) in [4.78, 5) is 49.9. The normalized spacial score (nSPS) is 25.0. The molecule has 2 aromatic rings. The number of piperazine rings is 1. The average molecular weight is 542 g/mol. The van der Waals surface area contributed by atoms with Gasteiger partial charge in [-0.15, -0.1) is 11.3 Å². The van der Waals surface area contributed by atoms with Crippen LogP contribution in [0.3, 0.4) is 0 Å². The zero-order valence-corrected chi connectivity index (χ0v) is 23.0. The van der Waals surface area contributed by atoms with Crippen molar-refractivity contribution < 1.29 is 24.2 Å². The van der Waals surface area contributed by atoms with E-state index in [4.69, 9.17) is 9.72 Å². The van der Waals surface area contributed by atoms with Crippen molar-refractivity contribution in [3.8, 4) is 11.3 Å². The summed E-state index contributed by atoms with van der Waals surface area (Å²) in [5.74, 6) is -1.01. The minimum absolute atomic E-state index is 0.000806. The van der Waals surface area contributed by atoms with Gasteiger partial charge in [-0.2, -0.15) is 0 Å². The number of hydrogen-bond acceptors (Lipinski definition) is 9. The Balaban J connectivity index is 1.28. The summed E-state index contributed by atoms with van der Waals surface area (Å²) >= 11 is 1.62. The Kier molecular flexibility index (Phi) is 7.29. The lowest BCUT2D eigenvalue weighted by Crippen LogP contribution is -2.57. The number of nitrogens with one attached hydrogen (secondary N) is 1. The van der Waals surface area contributed by atoms with Gasteiger partial charge in [0, 0.05) is 42.7 Å². The van der Waals surface area contributed by atoms with Gasteiger partial charge in [-0.05, 0) is 24.6 Å². The second-order valence-corrected chi connectivity index (χ2v) is 12.2. The fraction of sp³-hybridized carbons (Fsp3) is 0.556. The van der Waals surface area contributed by atoms with Crippen molar-refractivity contribution in [3.63, 3.8) is 0 Å². The third kappa shape index (κ3) is 5.20. The fourth-order valence-corrected chi connectivity index (χ4v) is 6.11. The quantitative estimate of drug-likeness (QED) is 0.581. The van der Waals surface area contributed by atoms with Crippen molar-refractivity contribution in [1.29, 1.82) is 0 Å². The van der Waals surface area contributed by atoms with Crippen LogP contribution in [0.5, 0.6) is 0 Å². The molecular weight excluding hydrogens is 506 g/mol. The van der Waals surface area contributed by atoms with Crippen LogP contribution in [0.4, 0.5) is 5.13 Å². The Hall–Kier alpha value is -2.86. The Morgan fingerprint density at radius 1 is 1.16 bits per heavy atom. The predicted molar refractivity (Wildman–Crippen MR) is 144 cm³/mol. The van der Waals surface area contributed by atoms with Crippen LogP contribution in [-0.4, -0.2) is 108 Å². The molecule has 1 aromatic carbocycles. The van der Waals surface area contributed by atoms with E-state index in [0.29, 0.717) is 5.56 Å². The summed E-state index contributed by atoms with van der Waals surface area (Å²) < 4.78 is 5.40. The number of amides is 2. The maximum atomic E-state index is 13.6. The largest absolute Gasteiger partial charge is 0.388 e. The monoisotopic (exact) mass is 541 g/mol. The molecule has 4 heterocycles. The number of ketones is 1. The predicted octanol–water partition coefficient (Wildman–Crippen LogP) is 1.25. The van der Waals surface area contributed by atoms with Gasteiger partial charge in [0.1, 0.15) is 30.9 Å². The second-order valence-electron chi connectivity index (χ2n) is 11.4. The highest BCUT2D eigenvalue weighted by Crippen LogP contribution is 2.31. The summed E-state index contributed by atoms with van der Waals surface area (Å²) in [6, 6.07) is 5.48. The van der Waals surface area contributed by atoms with Crippen LogP contribution in [0, 0.1) is 5.41 Å². The van der Waals surface area contributed by atoms with Gasteiger partial charge in [0.05, 0.1) is 12.2 Å². The number of nitrogens with zero attached hydrogens (tertiary/aromatic N) is 4. The fourth-order valence-electron chi connectivity index (χ4n) is 5.22. The van der Waals surface area contributed by atoms with Crippen molar-refractivity contribution in [3.05, 3.63) is 35.2 Å². The molecule has 5 rings (SSSR count). The van der Waals surface area contributed by atoms with Crippen LogP contribution in [0.1, 0.15) is 31.1 Å².